The Labute approximate surface area is 140 Å². The molecule has 134 valence electrons. The summed E-state index contributed by atoms with van der Waals surface area (Å²) in [6, 6.07) is 0. The quantitative estimate of drug-likeness (QED) is 0.818. The van der Waals surface area contributed by atoms with Crippen molar-refractivity contribution in [2.45, 2.75) is 71.5 Å². The Balaban J connectivity index is 2.14. The van der Waals surface area contributed by atoms with Gasteiger partial charge in [-0.3, -0.25) is 0 Å². The lowest BCUT2D eigenvalue weighted by atomic mass is 9.58. The van der Waals surface area contributed by atoms with Crippen LogP contribution in [0.15, 0.2) is 0 Å². The second-order valence-electron chi connectivity index (χ2n) is 8.98. The number of carbonyl (C=O) groups is 1. The Bertz CT molecular complexity index is 435. The summed E-state index contributed by atoms with van der Waals surface area (Å²) in [5, 5.41) is 21.4. The zero-order chi connectivity index (χ0) is 17.5. The van der Waals surface area contributed by atoms with Gasteiger partial charge in [-0.25, -0.2) is 4.79 Å². The summed E-state index contributed by atoms with van der Waals surface area (Å²) in [7, 11) is 0. The van der Waals surface area contributed by atoms with Crippen LogP contribution in [0.5, 0.6) is 0 Å². The van der Waals surface area contributed by atoms with Gasteiger partial charge in [0.25, 0.3) is 0 Å². The molecule has 1 amide bonds. The lowest BCUT2D eigenvalue weighted by Crippen LogP contribution is -2.56. The summed E-state index contributed by atoms with van der Waals surface area (Å²) in [5.74, 6) is 0.955. The molecule has 1 aliphatic heterocycles. The van der Waals surface area contributed by atoms with E-state index in [2.05, 4.69) is 13.8 Å². The molecule has 2 N–H and O–H groups in total. The number of rotatable bonds is 2. The van der Waals surface area contributed by atoms with Gasteiger partial charge in [0.05, 0.1) is 18.8 Å². The minimum atomic E-state index is -1.03. The Morgan fingerprint density at radius 1 is 1.26 bits per heavy atom. The first kappa shape index (κ1) is 18.5. The lowest BCUT2D eigenvalue weighted by molar-refractivity contribution is -0.136. The van der Waals surface area contributed by atoms with Crippen molar-refractivity contribution in [1.82, 2.24) is 4.90 Å². The van der Waals surface area contributed by atoms with Gasteiger partial charge in [0.1, 0.15) is 5.60 Å². The number of hydrogen-bond acceptors (Lipinski definition) is 4. The van der Waals surface area contributed by atoms with Crippen molar-refractivity contribution >= 4 is 6.09 Å². The summed E-state index contributed by atoms with van der Waals surface area (Å²) < 4.78 is 5.42. The van der Waals surface area contributed by atoms with Gasteiger partial charge in [-0.05, 0) is 58.3 Å². The Morgan fingerprint density at radius 2 is 1.83 bits per heavy atom. The van der Waals surface area contributed by atoms with E-state index in [-0.39, 0.29) is 19.2 Å². The molecular formula is C18H33NO4. The van der Waals surface area contributed by atoms with E-state index in [1.165, 1.54) is 0 Å². The zero-order valence-electron chi connectivity index (χ0n) is 15.3. The number of aliphatic hydroxyl groups is 2. The molecular weight excluding hydrogens is 294 g/mol. The van der Waals surface area contributed by atoms with Gasteiger partial charge in [0, 0.05) is 12.0 Å². The second kappa shape index (κ2) is 6.25. The Kier molecular flexibility index (Phi) is 5.03. The van der Waals surface area contributed by atoms with E-state index in [9.17, 15) is 15.0 Å². The summed E-state index contributed by atoms with van der Waals surface area (Å²) in [6.45, 7) is 10.6. The van der Waals surface area contributed by atoms with Crippen LogP contribution in [0.4, 0.5) is 4.79 Å². The molecule has 1 heterocycles. The molecule has 5 heteroatoms. The van der Waals surface area contributed by atoms with Crippen molar-refractivity contribution < 1.29 is 19.7 Å². The predicted molar refractivity (Wildman–Crippen MR) is 89.1 cm³/mol. The summed E-state index contributed by atoms with van der Waals surface area (Å²) in [6.07, 6.45) is 2.89. The minimum absolute atomic E-state index is 0.0274. The van der Waals surface area contributed by atoms with Crippen molar-refractivity contribution in [2.24, 2.45) is 17.3 Å². The van der Waals surface area contributed by atoms with Gasteiger partial charge in [-0.1, -0.05) is 13.8 Å². The third kappa shape index (κ3) is 3.82. The molecule has 5 nitrogen and oxygen atoms in total. The molecule has 0 aromatic heterocycles. The first-order chi connectivity index (χ1) is 10.5. The molecule has 2 rings (SSSR count). The first-order valence-electron chi connectivity index (χ1n) is 8.81. The molecule has 0 aromatic rings. The zero-order valence-corrected chi connectivity index (χ0v) is 15.3. The fourth-order valence-electron chi connectivity index (χ4n) is 4.64. The Morgan fingerprint density at radius 3 is 2.30 bits per heavy atom. The van der Waals surface area contributed by atoms with Crippen LogP contribution in [0, 0.1) is 17.3 Å². The summed E-state index contributed by atoms with van der Waals surface area (Å²) >= 11 is 0. The van der Waals surface area contributed by atoms with Crippen molar-refractivity contribution in [3.8, 4) is 0 Å². The van der Waals surface area contributed by atoms with Crippen LogP contribution in [-0.2, 0) is 4.74 Å². The maximum absolute atomic E-state index is 12.3. The van der Waals surface area contributed by atoms with Gasteiger partial charge in [-0.2, -0.15) is 0 Å². The van der Waals surface area contributed by atoms with Gasteiger partial charge in [0.2, 0.25) is 0 Å². The maximum Gasteiger partial charge on any atom is 0.410 e. The predicted octanol–water partition coefficient (Wildman–Crippen LogP) is 2.79. The fourth-order valence-corrected chi connectivity index (χ4v) is 4.64. The van der Waals surface area contributed by atoms with E-state index in [0.29, 0.717) is 24.8 Å². The number of carbonyl (C=O) groups excluding carboxylic acids is 1. The third-order valence-corrected chi connectivity index (χ3v) is 5.47. The van der Waals surface area contributed by atoms with Crippen LogP contribution in [-0.4, -0.2) is 52.1 Å². The molecule has 0 radical (unpaired) electrons. The van der Waals surface area contributed by atoms with Crippen LogP contribution < -0.4 is 0 Å². The largest absolute Gasteiger partial charge is 0.444 e. The average Bonchev–Trinajstić information content (AvgIpc) is 2.80. The highest BCUT2D eigenvalue weighted by Gasteiger charge is 2.56. The van der Waals surface area contributed by atoms with Gasteiger partial charge in [-0.15, -0.1) is 0 Å². The molecule has 1 saturated carbocycles. The molecule has 23 heavy (non-hydrogen) atoms. The van der Waals surface area contributed by atoms with Gasteiger partial charge < -0.3 is 19.8 Å². The fraction of sp³-hybridized carbons (Fsp3) is 0.944. The number of hydrogen-bond donors (Lipinski definition) is 2. The first-order valence-corrected chi connectivity index (χ1v) is 8.81. The van der Waals surface area contributed by atoms with Crippen molar-refractivity contribution in [2.75, 3.05) is 19.7 Å². The summed E-state index contributed by atoms with van der Waals surface area (Å²) in [5.41, 5.74) is -2.08. The maximum atomic E-state index is 12.3. The second-order valence-corrected chi connectivity index (χ2v) is 8.98. The standard InChI is InChI=1S/C18H33NO4/c1-13-8-14(2)10-17(9-13,12-20)18(22)6-7-19(11-18)15(21)23-16(3,4)5/h13-14,20,22H,6-12H2,1-5H3. The van der Waals surface area contributed by atoms with Gasteiger partial charge in [0.15, 0.2) is 0 Å². The van der Waals surface area contributed by atoms with E-state index in [0.717, 1.165) is 19.3 Å². The SMILES string of the molecule is CC1CC(C)CC(CO)(C2(O)CCN(C(=O)OC(C)(C)C)C2)C1. The summed E-state index contributed by atoms with van der Waals surface area (Å²) in [4.78, 5) is 13.9. The number of β-amino-alcohol motifs (C(OH)–C–C–N with tert-alkyl or cyclic N) is 1. The number of nitrogens with zero attached hydrogens (tertiary/aromatic N) is 1. The van der Waals surface area contributed by atoms with E-state index in [4.69, 9.17) is 4.74 Å². The third-order valence-electron chi connectivity index (χ3n) is 5.47. The van der Waals surface area contributed by atoms with E-state index < -0.39 is 16.6 Å². The normalized spacial score (nSPS) is 38.7. The molecule has 1 saturated heterocycles. The number of aliphatic hydroxyl groups excluding tert-OH is 1. The Hall–Kier alpha value is -0.810. The van der Waals surface area contributed by atoms with Crippen LogP contribution in [0.1, 0.15) is 60.3 Å². The minimum Gasteiger partial charge on any atom is -0.444 e. The van der Waals surface area contributed by atoms with Gasteiger partial charge >= 0.3 is 6.09 Å². The van der Waals surface area contributed by atoms with Crippen LogP contribution in [0.2, 0.25) is 0 Å². The number of likely N-dealkylation sites (tertiary alicyclic amines) is 1. The monoisotopic (exact) mass is 327 g/mol. The number of amides is 1. The highest BCUT2D eigenvalue weighted by molar-refractivity contribution is 5.68. The molecule has 1 aliphatic carbocycles. The van der Waals surface area contributed by atoms with Crippen LogP contribution in [0.3, 0.4) is 0 Å². The lowest BCUT2D eigenvalue weighted by Gasteiger charge is -2.50. The molecule has 3 unspecified atom stereocenters. The van der Waals surface area contributed by atoms with Crippen LogP contribution >= 0.6 is 0 Å². The van der Waals surface area contributed by atoms with Crippen LogP contribution in [0.25, 0.3) is 0 Å². The van der Waals surface area contributed by atoms with E-state index in [1.54, 1.807) is 4.90 Å². The highest BCUT2D eigenvalue weighted by Crippen LogP contribution is 2.51. The van der Waals surface area contributed by atoms with Crippen molar-refractivity contribution in [1.29, 1.82) is 0 Å². The molecule has 3 atom stereocenters. The van der Waals surface area contributed by atoms with E-state index in [1.807, 2.05) is 20.8 Å². The van der Waals surface area contributed by atoms with E-state index >= 15 is 0 Å². The highest BCUT2D eigenvalue weighted by atomic mass is 16.6. The topological polar surface area (TPSA) is 70.0 Å². The molecule has 0 aromatic carbocycles. The smallest absolute Gasteiger partial charge is 0.410 e. The van der Waals surface area contributed by atoms with Crippen molar-refractivity contribution in [3.05, 3.63) is 0 Å². The average molecular weight is 327 g/mol. The number of ether oxygens (including phenoxy) is 1. The van der Waals surface area contributed by atoms with Crippen molar-refractivity contribution in [3.63, 3.8) is 0 Å². The molecule has 2 aliphatic rings. The molecule has 0 spiro atoms. The molecule has 0 bridgehead atoms. The molecule has 2 fully saturated rings.